The second-order valence-corrected chi connectivity index (χ2v) is 4.49. The topological polar surface area (TPSA) is 36.4 Å². The number of anilines is 1. The number of fused-ring (bicyclic) bond motifs is 1. The summed E-state index contributed by atoms with van der Waals surface area (Å²) in [6, 6.07) is 7.68. The Balaban J connectivity index is 2.11. The molecule has 3 rings (SSSR count). The molecular weight excluding hydrogens is 224 g/mol. The highest BCUT2D eigenvalue weighted by Crippen LogP contribution is 2.29. The van der Waals surface area contributed by atoms with Crippen LogP contribution in [0.25, 0.3) is 10.9 Å². The fourth-order valence-electron chi connectivity index (χ4n) is 2.03. The zero-order valence-electron chi connectivity index (χ0n) is 8.60. The molecule has 0 saturated carbocycles. The largest absolute Gasteiger partial charge is 0.389 e. The van der Waals surface area contributed by atoms with E-state index in [-0.39, 0.29) is 6.10 Å². The summed E-state index contributed by atoms with van der Waals surface area (Å²) in [4.78, 5) is 6.43. The van der Waals surface area contributed by atoms with Crippen molar-refractivity contribution in [1.82, 2.24) is 4.98 Å². The molecule has 0 amide bonds. The van der Waals surface area contributed by atoms with Crippen molar-refractivity contribution >= 4 is 28.2 Å². The number of pyridine rings is 1. The first kappa shape index (κ1) is 9.87. The van der Waals surface area contributed by atoms with E-state index in [2.05, 4.69) is 9.88 Å². The van der Waals surface area contributed by atoms with E-state index in [0.717, 1.165) is 16.6 Å². The molecule has 16 heavy (non-hydrogen) atoms. The molecule has 0 atom stereocenters. The lowest BCUT2D eigenvalue weighted by Crippen LogP contribution is -2.50. The quantitative estimate of drug-likeness (QED) is 0.821. The van der Waals surface area contributed by atoms with Crippen LogP contribution in [0.3, 0.4) is 0 Å². The van der Waals surface area contributed by atoms with Gasteiger partial charge in [0.2, 0.25) is 0 Å². The van der Waals surface area contributed by atoms with Crippen LogP contribution in [-0.4, -0.2) is 29.3 Å². The summed E-state index contributed by atoms with van der Waals surface area (Å²) in [5, 5.41) is 11.1. The zero-order valence-corrected chi connectivity index (χ0v) is 9.35. The van der Waals surface area contributed by atoms with Gasteiger partial charge in [-0.3, -0.25) is 4.98 Å². The lowest BCUT2D eigenvalue weighted by Gasteiger charge is -2.38. The highest BCUT2D eigenvalue weighted by Gasteiger charge is 2.25. The molecule has 82 valence electrons. The normalized spacial score (nSPS) is 16.5. The molecular formula is C12H11ClN2O. The number of hydrogen-bond donors (Lipinski definition) is 1. The van der Waals surface area contributed by atoms with E-state index in [0.29, 0.717) is 18.1 Å². The second-order valence-electron chi connectivity index (χ2n) is 4.05. The number of aliphatic hydroxyl groups excluding tert-OH is 1. The molecule has 0 bridgehead atoms. The van der Waals surface area contributed by atoms with Crippen LogP contribution in [0.2, 0.25) is 5.02 Å². The molecule has 2 heterocycles. The SMILES string of the molecule is OC1CN(c2ccnc3cc(Cl)ccc23)C1. The van der Waals surface area contributed by atoms with Gasteiger partial charge in [0.1, 0.15) is 0 Å². The van der Waals surface area contributed by atoms with Gasteiger partial charge in [0.05, 0.1) is 11.6 Å². The third-order valence-electron chi connectivity index (χ3n) is 2.88. The fraction of sp³-hybridized carbons (Fsp3) is 0.250. The lowest BCUT2D eigenvalue weighted by atomic mass is 10.1. The molecule has 0 unspecified atom stereocenters. The first-order valence-electron chi connectivity index (χ1n) is 5.21. The number of halogens is 1. The molecule has 1 N–H and O–H groups in total. The van der Waals surface area contributed by atoms with Crippen LogP contribution >= 0.6 is 11.6 Å². The predicted molar refractivity (Wildman–Crippen MR) is 65.0 cm³/mol. The van der Waals surface area contributed by atoms with E-state index in [1.165, 1.54) is 0 Å². The van der Waals surface area contributed by atoms with Crippen LogP contribution in [0.1, 0.15) is 0 Å². The molecule has 1 aromatic carbocycles. The Kier molecular flexibility index (Phi) is 2.23. The van der Waals surface area contributed by atoms with Gasteiger partial charge in [0.25, 0.3) is 0 Å². The highest BCUT2D eigenvalue weighted by molar-refractivity contribution is 6.31. The van der Waals surface area contributed by atoms with E-state index in [4.69, 9.17) is 11.6 Å². The second kappa shape index (κ2) is 3.61. The third kappa shape index (κ3) is 1.52. The van der Waals surface area contributed by atoms with Gasteiger partial charge < -0.3 is 10.0 Å². The number of hydrogen-bond acceptors (Lipinski definition) is 3. The van der Waals surface area contributed by atoms with Crippen molar-refractivity contribution in [3.05, 3.63) is 35.5 Å². The summed E-state index contributed by atoms with van der Waals surface area (Å²) < 4.78 is 0. The van der Waals surface area contributed by atoms with Gasteiger partial charge in [-0.1, -0.05) is 11.6 Å². The highest BCUT2D eigenvalue weighted by atomic mass is 35.5. The van der Waals surface area contributed by atoms with Crippen LogP contribution < -0.4 is 4.90 Å². The monoisotopic (exact) mass is 234 g/mol. The molecule has 0 radical (unpaired) electrons. The Morgan fingerprint density at radius 2 is 2.12 bits per heavy atom. The lowest BCUT2D eigenvalue weighted by molar-refractivity contribution is 0.142. The Hall–Kier alpha value is -1.32. The van der Waals surface area contributed by atoms with Gasteiger partial charge in [0, 0.05) is 35.4 Å². The smallest absolute Gasteiger partial charge is 0.0889 e. The van der Waals surface area contributed by atoms with Gasteiger partial charge in [-0.25, -0.2) is 0 Å². The van der Waals surface area contributed by atoms with E-state index < -0.39 is 0 Å². The summed E-state index contributed by atoms with van der Waals surface area (Å²) in [5.41, 5.74) is 2.01. The summed E-state index contributed by atoms with van der Waals surface area (Å²) in [6.45, 7) is 1.39. The van der Waals surface area contributed by atoms with Crippen LogP contribution in [0.15, 0.2) is 30.5 Å². The minimum atomic E-state index is -0.199. The van der Waals surface area contributed by atoms with Gasteiger partial charge >= 0.3 is 0 Å². The van der Waals surface area contributed by atoms with Crippen LogP contribution in [0.4, 0.5) is 5.69 Å². The third-order valence-corrected chi connectivity index (χ3v) is 3.12. The molecule has 1 fully saturated rings. The van der Waals surface area contributed by atoms with Gasteiger partial charge in [-0.05, 0) is 24.3 Å². The van der Waals surface area contributed by atoms with Crippen LogP contribution in [-0.2, 0) is 0 Å². The number of aliphatic hydroxyl groups is 1. The van der Waals surface area contributed by atoms with Crippen molar-refractivity contribution in [2.45, 2.75) is 6.10 Å². The van der Waals surface area contributed by atoms with Crippen molar-refractivity contribution in [3.8, 4) is 0 Å². The van der Waals surface area contributed by atoms with Gasteiger partial charge in [-0.15, -0.1) is 0 Å². The minimum absolute atomic E-state index is 0.199. The van der Waals surface area contributed by atoms with Crippen molar-refractivity contribution < 1.29 is 5.11 Å². The average molecular weight is 235 g/mol. The van der Waals surface area contributed by atoms with Crippen LogP contribution in [0, 0.1) is 0 Å². The zero-order chi connectivity index (χ0) is 11.1. The fourth-order valence-corrected chi connectivity index (χ4v) is 2.20. The summed E-state index contributed by atoms with van der Waals surface area (Å²) in [6.07, 6.45) is 1.58. The molecule has 1 aliphatic rings. The Morgan fingerprint density at radius 1 is 1.31 bits per heavy atom. The summed E-state index contributed by atoms with van der Waals surface area (Å²) in [7, 11) is 0. The molecule has 0 spiro atoms. The molecule has 1 saturated heterocycles. The number of rotatable bonds is 1. The number of aromatic nitrogens is 1. The maximum Gasteiger partial charge on any atom is 0.0889 e. The van der Waals surface area contributed by atoms with Gasteiger partial charge in [0.15, 0.2) is 0 Å². The molecule has 2 aromatic rings. The van der Waals surface area contributed by atoms with E-state index in [1.54, 1.807) is 6.20 Å². The maximum absolute atomic E-state index is 9.32. The molecule has 1 aliphatic heterocycles. The molecule has 0 aliphatic carbocycles. The van der Waals surface area contributed by atoms with E-state index in [1.807, 2.05) is 24.3 Å². The summed E-state index contributed by atoms with van der Waals surface area (Å²) >= 11 is 5.93. The van der Waals surface area contributed by atoms with Gasteiger partial charge in [-0.2, -0.15) is 0 Å². The van der Waals surface area contributed by atoms with Crippen LogP contribution in [0.5, 0.6) is 0 Å². The average Bonchev–Trinajstić information content (AvgIpc) is 2.24. The molecule has 3 nitrogen and oxygen atoms in total. The Morgan fingerprint density at radius 3 is 2.88 bits per heavy atom. The van der Waals surface area contributed by atoms with E-state index >= 15 is 0 Å². The number of nitrogens with zero attached hydrogens (tertiary/aromatic N) is 2. The standard InChI is InChI=1S/C12H11ClN2O/c13-8-1-2-10-11(5-8)14-4-3-12(10)15-6-9(16)7-15/h1-5,9,16H,6-7H2. The number of β-amino-alcohol motifs (C(OH)–C–C–N with tert-alkyl or cyclic N) is 1. The minimum Gasteiger partial charge on any atom is -0.389 e. The van der Waals surface area contributed by atoms with Crippen molar-refractivity contribution in [2.24, 2.45) is 0 Å². The Bertz CT molecular complexity index is 538. The molecule has 1 aromatic heterocycles. The summed E-state index contributed by atoms with van der Waals surface area (Å²) in [5.74, 6) is 0. The Labute approximate surface area is 98.3 Å². The van der Waals surface area contributed by atoms with E-state index in [9.17, 15) is 5.11 Å². The maximum atomic E-state index is 9.32. The number of benzene rings is 1. The van der Waals surface area contributed by atoms with Crippen molar-refractivity contribution in [2.75, 3.05) is 18.0 Å². The molecule has 4 heteroatoms. The van der Waals surface area contributed by atoms with Crippen molar-refractivity contribution in [1.29, 1.82) is 0 Å². The van der Waals surface area contributed by atoms with Crippen molar-refractivity contribution in [3.63, 3.8) is 0 Å². The first-order chi connectivity index (χ1) is 7.74. The predicted octanol–water partition coefficient (Wildman–Crippen LogP) is 2.07. The first-order valence-corrected chi connectivity index (χ1v) is 5.59.